The Balaban J connectivity index is 1.96. The van der Waals surface area contributed by atoms with Crippen molar-refractivity contribution in [3.63, 3.8) is 0 Å². The highest BCUT2D eigenvalue weighted by Gasteiger charge is 2.13. The van der Waals surface area contributed by atoms with E-state index in [1.807, 2.05) is 12.1 Å². The second kappa shape index (κ2) is 9.53. The summed E-state index contributed by atoms with van der Waals surface area (Å²) in [6.45, 7) is 10.7. The molecule has 0 unspecified atom stereocenters. The van der Waals surface area contributed by atoms with Crippen LogP contribution in [0.3, 0.4) is 0 Å². The molecule has 2 amide bonds. The van der Waals surface area contributed by atoms with Gasteiger partial charge in [0.2, 0.25) is 10.0 Å². The van der Waals surface area contributed by atoms with Gasteiger partial charge in [0.05, 0.1) is 11.9 Å². The van der Waals surface area contributed by atoms with Crippen LogP contribution < -0.4 is 15.4 Å². The Morgan fingerprint density at radius 1 is 1.10 bits per heavy atom. The van der Waals surface area contributed by atoms with E-state index < -0.39 is 10.0 Å². The average molecular weight is 450 g/mol. The number of benzene rings is 2. The molecule has 2 rings (SSSR count). The molecule has 0 aromatic heterocycles. The molecular formula is C22H28ClN3O3S. The lowest BCUT2D eigenvalue weighted by molar-refractivity contribution is 0.240. The molecule has 0 aliphatic carbocycles. The summed E-state index contributed by atoms with van der Waals surface area (Å²) in [5.41, 5.74) is 3.87. The van der Waals surface area contributed by atoms with Crippen molar-refractivity contribution >= 4 is 39.4 Å². The molecule has 0 radical (unpaired) electrons. The Hall–Kier alpha value is -2.51. The lowest BCUT2D eigenvalue weighted by Crippen LogP contribution is -2.34. The second-order valence-corrected chi connectivity index (χ2v) is 10.2. The van der Waals surface area contributed by atoms with Crippen LogP contribution in [-0.2, 0) is 28.5 Å². The van der Waals surface area contributed by atoms with Gasteiger partial charge in [-0.3, -0.25) is 4.72 Å². The maximum Gasteiger partial charge on any atom is 0.315 e. The fourth-order valence-corrected chi connectivity index (χ4v) is 3.58. The monoisotopic (exact) mass is 449 g/mol. The van der Waals surface area contributed by atoms with E-state index in [0.29, 0.717) is 28.4 Å². The van der Waals surface area contributed by atoms with Gasteiger partial charge in [0.25, 0.3) is 0 Å². The molecule has 0 aliphatic rings. The molecule has 0 atom stereocenters. The van der Waals surface area contributed by atoms with Gasteiger partial charge in [0.15, 0.2) is 0 Å². The molecule has 0 fully saturated rings. The van der Waals surface area contributed by atoms with E-state index in [-0.39, 0.29) is 18.0 Å². The fourth-order valence-electron chi connectivity index (χ4n) is 2.77. The maximum atomic E-state index is 12.2. The van der Waals surface area contributed by atoms with Crippen LogP contribution in [-0.4, -0.2) is 20.7 Å². The van der Waals surface area contributed by atoms with Crippen molar-refractivity contribution in [3.8, 4) is 0 Å². The van der Waals surface area contributed by atoms with Crippen LogP contribution in [0.2, 0.25) is 5.02 Å². The van der Waals surface area contributed by atoms with Gasteiger partial charge in [-0.2, -0.15) is 0 Å². The third-order valence-electron chi connectivity index (χ3n) is 4.45. The van der Waals surface area contributed by atoms with E-state index in [0.717, 1.165) is 11.8 Å². The molecule has 0 spiro atoms. The first kappa shape index (κ1) is 23.8. The number of urea groups is 1. The zero-order valence-corrected chi connectivity index (χ0v) is 19.2. The molecule has 0 saturated heterocycles. The molecule has 6 nitrogen and oxygen atoms in total. The zero-order valence-electron chi connectivity index (χ0n) is 17.7. The minimum Gasteiger partial charge on any atom is -0.334 e. The standard InChI is InChI=1S/C22H28ClN3O3S/c1-6-16-11-17(19(23)12-20(16)26-30(5,28)29)14-25-21(27)24-13-15-7-9-18(10-8-15)22(2,3)4/h6-12,26H,1,13-14H2,2-5H3,(H2,24,25,27). The van der Waals surface area contributed by atoms with Crippen molar-refractivity contribution in [1.82, 2.24) is 10.6 Å². The van der Waals surface area contributed by atoms with Gasteiger partial charge in [0.1, 0.15) is 0 Å². The Bertz CT molecular complexity index is 1030. The lowest BCUT2D eigenvalue weighted by atomic mass is 9.87. The largest absolute Gasteiger partial charge is 0.334 e. The number of rotatable bonds is 7. The topological polar surface area (TPSA) is 87.3 Å². The molecule has 162 valence electrons. The van der Waals surface area contributed by atoms with Gasteiger partial charge in [-0.05, 0) is 39.8 Å². The number of carbonyl (C=O) groups is 1. The fraction of sp³-hybridized carbons (Fsp3) is 0.318. The van der Waals surface area contributed by atoms with E-state index in [9.17, 15) is 13.2 Å². The highest BCUT2D eigenvalue weighted by Crippen LogP contribution is 2.27. The van der Waals surface area contributed by atoms with Crippen LogP contribution in [0.4, 0.5) is 10.5 Å². The molecule has 3 N–H and O–H groups in total. The minimum absolute atomic E-state index is 0.0826. The summed E-state index contributed by atoms with van der Waals surface area (Å²) in [5.74, 6) is 0. The lowest BCUT2D eigenvalue weighted by Gasteiger charge is -2.19. The highest BCUT2D eigenvalue weighted by molar-refractivity contribution is 7.92. The number of anilines is 1. The van der Waals surface area contributed by atoms with Crippen LogP contribution in [0.1, 0.15) is 43.0 Å². The van der Waals surface area contributed by atoms with Crippen LogP contribution in [0.25, 0.3) is 6.08 Å². The molecule has 0 aliphatic heterocycles. The van der Waals surface area contributed by atoms with Crippen molar-refractivity contribution < 1.29 is 13.2 Å². The molecule has 2 aromatic carbocycles. The number of amides is 2. The highest BCUT2D eigenvalue weighted by atomic mass is 35.5. The summed E-state index contributed by atoms with van der Waals surface area (Å²) in [7, 11) is -3.45. The van der Waals surface area contributed by atoms with Crippen molar-refractivity contribution in [2.24, 2.45) is 0 Å². The van der Waals surface area contributed by atoms with Crippen LogP contribution in [0.5, 0.6) is 0 Å². The van der Waals surface area contributed by atoms with Crippen LogP contribution in [0.15, 0.2) is 43.0 Å². The number of nitrogens with one attached hydrogen (secondary N) is 3. The first-order chi connectivity index (χ1) is 13.9. The van der Waals surface area contributed by atoms with Gasteiger partial charge in [-0.25, -0.2) is 13.2 Å². The SMILES string of the molecule is C=Cc1cc(CNC(=O)NCc2ccc(C(C)(C)C)cc2)c(Cl)cc1NS(C)(=O)=O. The Kier molecular flexibility index (Phi) is 7.55. The van der Waals surface area contributed by atoms with Crippen LogP contribution in [0, 0.1) is 0 Å². The van der Waals surface area contributed by atoms with E-state index in [4.69, 9.17) is 11.6 Å². The molecule has 0 bridgehead atoms. The number of hydrogen-bond acceptors (Lipinski definition) is 3. The van der Waals surface area contributed by atoms with Crippen molar-refractivity contribution in [3.05, 3.63) is 70.3 Å². The van der Waals surface area contributed by atoms with E-state index in [1.165, 1.54) is 17.7 Å². The number of sulfonamides is 1. The quantitative estimate of drug-likeness (QED) is 0.574. The Morgan fingerprint density at radius 3 is 2.23 bits per heavy atom. The molecule has 30 heavy (non-hydrogen) atoms. The number of hydrogen-bond donors (Lipinski definition) is 3. The van der Waals surface area contributed by atoms with Gasteiger partial charge < -0.3 is 10.6 Å². The Labute approximate surface area is 183 Å². The maximum absolute atomic E-state index is 12.2. The van der Waals surface area contributed by atoms with Gasteiger partial charge in [-0.1, -0.05) is 69.3 Å². The summed E-state index contributed by atoms with van der Waals surface area (Å²) in [6, 6.07) is 11.0. The summed E-state index contributed by atoms with van der Waals surface area (Å²) < 4.78 is 25.4. The minimum atomic E-state index is -3.45. The van der Waals surface area contributed by atoms with E-state index >= 15 is 0 Å². The molecule has 0 saturated carbocycles. The zero-order chi connectivity index (χ0) is 22.5. The van der Waals surface area contributed by atoms with Crippen molar-refractivity contribution in [2.75, 3.05) is 11.0 Å². The second-order valence-electron chi connectivity index (χ2n) is 8.09. The van der Waals surface area contributed by atoms with Crippen molar-refractivity contribution in [2.45, 2.75) is 39.3 Å². The molecule has 8 heteroatoms. The predicted molar refractivity (Wildman–Crippen MR) is 124 cm³/mol. The number of carbonyl (C=O) groups excluding carboxylic acids is 1. The first-order valence-corrected chi connectivity index (χ1v) is 11.7. The summed E-state index contributed by atoms with van der Waals surface area (Å²) in [6.07, 6.45) is 2.58. The third-order valence-corrected chi connectivity index (χ3v) is 5.39. The summed E-state index contributed by atoms with van der Waals surface area (Å²) >= 11 is 6.25. The molecule has 2 aromatic rings. The molecular weight excluding hydrogens is 422 g/mol. The van der Waals surface area contributed by atoms with E-state index in [2.05, 4.69) is 54.8 Å². The smallest absolute Gasteiger partial charge is 0.315 e. The summed E-state index contributed by atoms with van der Waals surface area (Å²) in [5, 5.41) is 5.91. The van der Waals surface area contributed by atoms with Gasteiger partial charge >= 0.3 is 6.03 Å². The molecule has 0 heterocycles. The normalized spacial score (nSPS) is 11.6. The van der Waals surface area contributed by atoms with Gasteiger partial charge in [0, 0.05) is 18.1 Å². The predicted octanol–water partition coefficient (Wildman–Crippen LogP) is 4.65. The van der Waals surface area contributed by atoms with Gasteiger partial charge in [-0.15, -0.1) is 0 Å². The number of halogens is 1. The first-order valence-electron chi connectivity index (χ1n) is 9.43. The third kappa shape index (κ3) is 7.07. The van der Waals surface area contributed by atoms with Crippen molar-refractivity contribution in [1.29, 1.82) is 0 Å². The van der Waals surface area contributed by atoms with Crippen LogP contribution >= 0.6 is 11.6 Å². The average Bonchev–Trinajstić information content (AvgIpc) is 2.64. The summed E-state index contributed by atoms with van der Waals surface area (Å²) in [4.78, 5) is 12.2. The Morgan fingerprint density at radius 2 is 1.70 bits per heavy atom. The van der Waals surface area contributed by atoms with E-state index in [1.54, 1.807) is 6.07 Å².